The summed E-state index contributed by atoms with van der Waals surface area (Å²) in [5.41, 5.74) is 0.00116. The minimum atomic E-state index is -1.31. The number of carboxylic acids is 1. The molecule has 1 fully saturated rings. The number of carbonyl (C=O) groups excluding carboxylic acids is 2. The molecule has 7 heteroatoms. The Balaban J connectivity index is 0.00000180. The Hall–Kier alpha value is 0.626. The van der Waals surface area contributed by atoms with E-state index in [9.17, 15) is 19.8 Å². The van der Waals surface area contributed by atoms with E-state index < -0.39 is 18.0 Å². The van der Waals surface area contributed by atoms with Gasteiger partial charge in [-0.05, 0) is 12.7 Å². The van der Waals surface area contributed by atoms with Crippen LogP contribution in [0.5, 0.6) is 0 Å². The van der Waals surface area contributed by atoms with Crippen LogP contribution in [-0.2, 0) is 9.59 Å². The van der Waals surface area contributed by atoms with Crippen molar-refractivity contribution in [2.75, 3.05) is 5.75 Å². The molecule has 19 heavy (non-hydrogen) atoms. The maximum absolute atomic E-state index is 11.9. The molecule has 2 rings (SSSR count). The van der Waals surface area contributed by atoms with Gasteiger partial charge in [-0.3, -0.25) is 4.79 Å². The third kappa shape index (κ3) is 2.71. The first-order valence-corrected chi connectivity index (χ1v) is 6.99. The van der Waals surface area contributed by atoms with Crippen molar-refractivity contribution in [1.82, 2.24) is 4.90 Å². The van der Waals surface area contributed by atoms with Gasteiger partial charge >= 0.3 is 51.4 Å². The molecule has 5 nitrogen and oxygen atoms in total. The molecule has 0 aromatic carbocycles. The molecule has 0 aliphatic carbocycles. The van der Waals surface area contributed by atoms with E-state index in [0.717, 1.165) is 5.75 Å². The number of aliphatic hydroxyl groups excluding tert-OH is 1. The fraction of sp³-hybridized carbons (Fsp3) is 0.667. The summed E-state index contributed by atoms with van der Waals surface area (Å²) in [6, 6.07) is -0.237. The number of rotatable bonds is 4. The maximum atomic E-state index is 11.9. The molecule has 1 amide bonds. The molecule has 4 unspecified atom stereocenters. The van der Waals surface area contributed by atoms with Crippen molar-refractivity contribution < 1.29 is 71.2 Å². The van der Waals surface area contributed by atoms with Crippen LogP contribution in [0.2, 0.25) is 0 Å². The molecule has 0 aromatic heterocycles. The summed E-state index contributed by atoms with van der Waals surface area (Å²) >= 11 is 1.43. The number of aliphatic hydroxyl groups is 1. The number of thioether (sulfide) groups is 1. The Bertz CT molecular complexity index is 437. The zero-order valence-electron chi connectivity index (χ0n) is 11.5. The number of aliphatic carboxylic acids is 1. The van der Waals surface area contributed by atoms with Crippen LogP contribution >= 0.6 is 11.8 Å². The van der Waals surface area contributed by atoms with Gasteiger partial charge in [0.05, 0.1) is 29.7 Å². The second-order valence-electron chi connectivity index (χ2n) is 4.69. The van der Waals surface area contributed by atoms with Crippen molar-refractivity contribution in [3.05, 3.63) is 10.6 Å². The van der Waals surface area contributed by atoms with E-state index in [1.54, 1.807) is 6.92 Å². The Morgan fingerprint density at radius 1 is 1.58 bits per heavy atom. The first-order valence-electron chi connectivity index (χ1n) is 6.01. The van der Waals surface area contributed by atoms with Gasteiger partial charge in [0.2, 0.25) is 5.91 Å². The molecular weight excluding hydrogens is 293 g/mol. The molecule has 0 saturated carbocycles. The second kappa shape index (κ2) is 6.59. The van der Waals surface area contributed by atoms with Gasteiger partial charge in [-0.2, -0.15) is 0 Å². The third-order valence-electron chi connectivity index (χ3n) is 3.60. The van der Waals surface area contributed by atoms with Crippen molar-refractivity contribution in [2.24, 2.45) is 11.8 Å². The molecule has 100 valence electrons. The number of hydrogen-bond donors (Lipinski definition) is 1. The summed E-state index contributed by atoms with van der Waals surface area (Å²) in [5, 5.41) is 20.8. The number of β-lactam (4-membered cyclic amide) rings is 1. The average molecular weight is 309 g/mol. The molecule has 4 atom stereocenters. The van der Waals surface area contributed by atoms with Gasteiger partial charge in [-0.25, -0.2) is 0 Å². The molecule has 0 radical (unpaired) electrons. The predicted molar refractivity (Wildman–Crippen MR) is 65.1 cm³/mol. The van der Waals surface area contributed by atoms with Crippen molar-refractivity contribution in [1.29, 1.82) is 0 Å². The molecule has 0 spiro atoms. The standard InChI is InChI=1S/C12H17NO4S.K/c1-4-18-10-5(2)8-7(6(3)14)11(15)13(8)9(10)12(16)17;/h5-8,14H,4H2,1-3H3,(H,16,17);/q;+1/p-1. The van der Waals surface area contributed by atoms with Gasteiger partial charge in [-0.1, -0.05) is 13.8 Å². The van der Waals surface area contributed by atoms with Crippen LogP contribution in [0, 0.1) is 11.8 Å². The summed E-state index contributed by atoms with van der Waals surface area (Å²) in [6.07, 6.45) is -0.754. The molecule has 0 aromatic rings. The minimum absolute atomic E-state index is 0. The van der Waals surface area contributed by atoms with Gasteiger partial charge in [0.1, 0.15) is 0 Å². The molecule has 0 bridgehead atoms. The molecule has 2 heterocycles. The Labute approximate surface area is 159 Å². The van der Waals surface area contributed by atoms with Crippen molar-refractivity contribution >= 4 is 23.6 Å². The smallest absolute Gasteiger partial charge is 0.543 e. The summed E-state index contributed by atoms with van der Waals surface area (Å²) < 4.78 is 0. The van der Waals surface area contributed by atoms with E-state index >= 15 is 0 Å². The monoisotopic (exact) mass is 309 g/mol. The van der Waals surface area contributed by atoms with Gasteiger partial charge in [0.25, 0.3) is 0 Å². The van der Waals surface area contributed by atoms with Crippen LogP contribution in [0.25, 0.3) is 0 Å². The van der Waals surface area contributed by atoms with Gasteiger partial charge in [0.15, 0.2) is 0 Å². The van der Waals surface area contributed by atoms with E-state index in [1.807, 2.05) is 13.8 Å². The largest absolute Gasteiger partial charge is 1.00 e. The Morgan fingerprint density at radius 3 is 2.58 bits per heavy atom. The molecule has 2 aliphatic heterocycles. The van der Waals surface area contributed by atoms with E-state index in [-0.39, 0.29) is 74.9 Å². The molecular formula is C12H16KNO4S. The first-order chi connectivity index (χ1) is 8.41. The Morgan fingerprint density at radius 2 is 2.16 bits per heavy atom. The number of carboxylic acid groups (broad SMARTS) is 1. The van der Waals surface area contributed by atoms with E-state index in [4.69, 9.17) is 0 Å². The summed E-state index contributed by atoms with van der Waals surface area (Å²) in [6.45, 7) is 5.39. The minimum Gasteiger partial charge on any atom is -0.543 e. The van der Waals surface area contributed by atoms with E-state index in [0.29, 0.717) is 4.91 Å². The van der Waals surface area contributed by atoms with Gasteiger partial charge < -0.3 is 19.9 Å². The number of hydrogen-bond acceptors (Lipinski definition) is 5. The fourth-order valence-corrected chi connectivity index (χ4v) is 3.89. The number of amides is 1. The van der Waals surface area contributed by atoms with Crippen molar-refractivity contribution in [2.45, 2.75) is 32.9 Å². The van der Waals surface area contributed by atoms with Crippen LogP contribution in [0.1, 0.15) is 20.8 Å². The third-order valence-corrected chi connectivity index (χ3v) is 4.77. The second-order valence-corrected chi connectivity index (χ2v) is 5.99. The number of nitrogens with zero attached hydrogens (tertiary/aromatic N) is 1. The first kappa shape index (κ1) is 17.7. The zero-order chi connectivity index (χ0) is 13.6. The number of fused-ring (bicyclic) bond motifs is 1. The van der Waals surface area contributed by atoms with Crippen LogP contribution in [-0.4, -0.2) is 39.8 Å². The van der Waals surface area contributed by atoms with E-state index in [1.165, 1.54) is 16.7 Å². The van der Waals surface area contributed by atoms with Gasteiger partial charge in [0, 0.05) is 10.8 Å². The Kier molecular flexibility index (Phi) is 6.13. The van der Waals surface area contributed by atoms with Crippen LogP contribution in [0.3, 0.4) is 0 Å². The average Bonchev–Trinajstić information content (AvgIpc) is 2.50. The molecule has 1 saturated heterocycles. The van der Waals surface area contributed by atoms with Crippen molar-refractivity contribution in [3.8, 4) is 0 Å². The predicted octanol–water partition coefficient (Wildman–Crippen LogP) is -3.44. The molecule has 2 aliphatic rings. The quantitative estimate of drug-likeness (QED) is 0.432. The van der Waals surface area contributed by atoms with Crippen molar-refractivity contribution in [3.63, 3.8) is 0 Å². The van der Waals surface area contributed by atoms with Crippen LogP contribution in [0.15, 0.2) is 10.6 Å². The van der Waals surface area contributed by atoms with Crippen LogP contribution in [0.4, 0.5) is 0 Å². The normalized spacial score (nSPS) is 30.6. The molecule has 1 N–H and O–H groups in total. The summed E-state index contributed by atoms with van der Waals surface area (Å²) in [4.78, 5) is 25.1. The van der Waals surface area contributed by atoms with Crippen LogP contribution < -0.4 is 56.5 Å². The van der Waals surface area contributed by atoms with E-state index in [2.05, 4.69) is 0 Å². The fourth-order valence-electron chi connectivity index (χ4n) is 2.86. The summed E-state index contributed by atoms with van der Waals surface area (Å²) in [5.74, 6) is -1.43. The van der Waals surface area contributed by atoms with Gasteiger partial charge in [-0.15, -0.1) is 11.8 Å². The summed E-state index contributed by atoms with van der Waals surface area (Å²) in [7, 11) is 0. The SMILES string of the molecule is CCSC1=C(C(=O)[O-])N2C(=O)C(C(C)O)C2C1C.[K+]. The maximum Gasteiger partial charge on any atom is 1.00 e. The number of carbonyl (C=O) groups is 2. The topological polar surface area (TPSA) is 80.7 Å². The zero-order valence-corrected chi connectivity index (χ0v) is 15.5.